The number of ether oxygens (including phenoxy) is 1. The molecule has 228 valence electrons. The van der Waals surface area contributed by atoms with Gasteiger partial charge in [0.1, 0.15) is 35.6 Å². The molecule has 0 bridgehead atoms. The van der Waals surface area contributed by atoms with Crippen molar-refractivity contribution in [3.8, 4) is 11.1 Å². The Bertz CT molecular complexity index is 1440. The number of nitrogens with one attached hydrogen (secondary N) is 2. The minimum atomic E-state index is -0.699. The van der Waals surface area contributed by atoms with E-state index in [-0.39, 0.29) is 22.9 Å². The van der Waals surface area contributed by atoms with E-state index in [4.69, 9.17) is 20.9 Å². The molecule has 0 aliphatic heterocycles. The van der Waals surface area contributed by atoms with Crippen LogP contribution >= 0.6 is 21.6 Å². The largest absolute Gasteiger partial charge is 0.364 e. The highest BCUT2D eigenvalue weighted by molar-refractivity contribution is 8.32. The lowest BCUT2D eigenvalue weighted by atomic mass is 9.88. The van der Waals surface area contributed by atoms with Crippen molar-refractivity contribution in [1.82, 2.24) is 25.2 Å². The number of hydrogen-bond acceptors (Lipinski definition) is 7. The maximum atomic E-state index is 13.7. The van der Waals surface area contributed by atoms with Gasteiger partial charge in [0.15, 0.2) is 0 Å². The smallest absolute Gasteiger partial charge is 0.257 e. The molecule has 5 rings (SSSR count). The Kier molecular flexibility index (Phi) is 9.01. The van der Waals surface area contributed by atoms with Crippen molar-refractivity contribution in [1.29, 1.82) is 0 Å². The summed E-state index contributed by atoms with van der Waals surface area (Å²) in [6.07, 6.45) is 12.4. The fraction of sp³-hybridized carbons (Fsp3) is 0.567. The van der Waals surface area contributed by atoms with Gasteiger partial charge in [-0.25, -0.2) is 19.7 Å². The van der Waals surface area contributed by atoms with Crippen LogP contribution in [0, 0.1) is 38.5 Å². The summed E-state index contributed by atoms with van der Waals surface area (Å²) in [5.74, 6) is 1.63. The fourth-order valence-electron chi connectivity index (χ4n) is 5.52. The van der Waals surface area contributed by atoms with Crippen LogP contribution in [0.5, 0.6) is 0 Å². The minimum absolute atomic E-state index is 0.0759. The number of carbonyl (C=O) groups excluding carboxylic acids is 2. The molecule has 2 fully saturated rings. The molecule has 3 aromatic rings. The average molecular weight is 617 g/mol. The average Bonchev–Trinajstić information content (AvgIpc) is 3.85. The van der Waals surface area contributed by atoms with Crippen molar-refractivity contribution in [2.45, 2.75) is 59.2 Å². The van der Waals surface area contributed by atoms with Crippen LogP contribution in [-0.2, 0) is 16.3 Å². The first-order chi connectivity index (χ1) is 19.9. The normalized spacial score (nSPS) is 16.5. The zero-order valence-electron chi connectivity index (χ0n) is 25.2. The van der Waals surface area contributed by atoms with Crippen LogP contribution < -0.4 is 10.6 Å². The van der Waals surface area contributed by atoms with E-state index in [2.05, 4.69) is 44.6 Å². The number of nitrogens with zero attached hydrogens (tertiary/aromatic N) is 4. The summed E-state index contributed by atoms with van der Waals surface area (Å²) in [4.78, 5) is 31.3. The van der Waals surface area contributed by atoms with Gasteiger partial charge in [-0.15, -0.1) is 0 Å². The molecule has 0 unspecified atom stereocenters. The van der Waals surface area contributed by atoms with Crippen LogP contribution in [0.4, 0.5) is 5.82 Å². The molecule has 2 N–H and O–H groups in total. The van der Waals surface area contributed by atoms with E-state index < -0.39 is 16.1 Å². The molecule has 1 atom stereocenters. The SMILES string of the molecule is Cc1nocc1C(=O)N[C@H](C(=O)Nc1ccc(-c2c(C)nn(COCCS(C)(C)C)c2C)c(Cl)n1)C(C1CC1)C1CC1. The number of halogens is 1. The quantitative estimate of drug-likeness (QED) is 0.196. The second-order valence-electron chi connectivity index (χ2n) is 12.4. The number of anilines is 1. The fourth-order valence-corrected chi connectivity index (χ4v) is 6.39. The first-order valence-corrected chi connectivity index (χ1v) is 17.8. The summed E-state index contributed by atoms with van der Waals surface area (Å²) in [5, 5.41) is 14.6. The Morgan fingerprint density at radius 2 is 1.81 bits per heavy atom. The summed E-state index contributed by atoms with van der Waals surface area (Å²) in [7, 11) is -0.621. The Labute approximate surface area is 253 Å². The van der Waals surface area contributed by atoms with Gasteiger partial charge in [-0.05, 0) is 95.1 Å². The summed E-state index contributed by atoms with van der Waals surface area (Å²) < 4.78 is 12.7. The number of rotatable bonds is 13. The first kappa shape index (κ1) is 30.6. The summed E-state index contributed by atoms with van der Waals surface area (Å²) >= 11 is 6.69. The van der Waals surface area contributed by atoms with Gasteiger partial charge < -0.3 is 19.9 Å². The van der Waals surface area contributed by atoms with Crippen LogP contribution in [-0.4, -0.2) is 68.9 Å². The molecule has 3 heterocycles. The van der Waals surface area contributed by atoms with Gasteiger partial charge in [-0.1, -0.05) is 16.8 Å². The lowest BCUT2D eigenvalue weighted by Crippen LogP contribution is -2.50. The lowest BCUT2D eigenvalue weighted by Gasteiger charge is -2.27. The molecule has 0 radical (unpaired) electrons. The van der Waals surface area contributed by atoms with Crippen molar-refractivity contribution in [2.24, 2.45) is 17.8 Å². The highest BCUT2D eigenvalue weighted by Crippen LogP contribution is 2.51. The van der Waals surface area contributed by atoms with Crippen molar-refractivity contribution in [3.05, 3.63) is 46.2 Å². The molecule has 3 aromatic heterocycles. The second kappa shape index (κ2) is 12.4. The molecule has 0 aromatic carbocycles. The molecule has 2 saturated carbocycles. The van der Waals surface area contributed by atoms with Gasteiger partial charge in [0.25, 0.3) is 5.91 Å². The monoisotopic (exact) mass is 616 g/mol. The third-order valence-electron chi connectivity index (χ3n) is 8.09. The Hall–Kier alpha value is -2.89. The molecule has 0 saturated heterocycles. The molecule has 2 amide bonds. The highest BCUT2D eigenvalue weighted by Gasteiger charge is 2.48. The second-order valence-corrected chi connectivity index (χ2v) is 17.4. The Morgan fingerprint density at radius 3 is 2.38 bits per heavy atom. The lowest BCUT2D eigenvalue weighted by molar-refractivity contribution is -0.119. The number of carbonyl (C=O) groups is 2. The Balaban J connectivity index is 1.31. The molecule has 12 heteroatoms. The number of amides is 2. The van der Waals surface area contributed by atoms with Gasteiger partial charge in [-0.3, -0.25) is 9.59 Å². The number of hydrogen-bond donors (Lipinski definition) is 2. The minimum Gasteiger partial charge on any atom is -0.364 e. The van der Waals surface area contributed by atoms with E-state index >= 15 is 0 Å². The van der Waals surface area contributed by atoms with E-state index in [1.807, 2.05) is 24.6 Å². The van der Waals surface area contributed by atoms with Gasteiger partial charge >= 0.3 is 0 Å². The Morgan fingerprint density at radius 1 is 1.12 bits per heavy atom. The highest BCUT2D eigenvalue weighted by atomic mass is 35.5. The van der Waals surface area contributed by atoms with Crippen LogP contribution in [0.15, 0.2) is 22.9 Å². The number of pyridine rings is 1. The summed E-state index contributed by atoms with van der Waals surface area (Å²) in [6.45, 7) is 6.68. The van der Waals surface area contributed by atoms with Crippen LogP contribution in [0.2, 0.25) is 5.15 Å². The van der Waals surface area contributed by atoms with E-state index in [1.165, 1.54) is 6.26 Å². The molecule has 42 heavy (non-hydrogen) atoms. The van der Waals surface area contributed by atoms with E-state index in [9.17, 15) is 9.59 Å². The topological polar surface area (TPSA) is 124 Å². The molecule has 2 aliphatic carbocycles. The first-order valence-electron chi connectivity index (χ1n) is 14.4. The molecule has 2 aliphatic rings. The van der Waals surface area contributed by atoms with Gasteiger partial charge in [0.2, 0.25) is 5.91 Å². The van der Waals surface area contributed by atoms with Crippen LogP contribution in [0.3, 0.4) is 0 Å². The molecular formula is C30H41ClN6O4S. The zero-order chi connectivity index (χ0) is 30.2. The van der Waals surface area contributed by atoms with Crippen molar-refractivity contribution >= 4 is 39.3 Å². The summed E-state index contributed by atoms with van der Waals surface area (Å²) in [6, 6.07) is 2.89. The number of aromatic nitrogens is 4. The third-order valence-corrected chi connectivity index (χ3v) is 9.77. The van der Waals surface area contributed by atoms with E-state index in [1.54, 1.807) is 13.0 Å². The maximum Gasteiger partial charge on any atom is 0.257 e. The van der Waals surface area contributed by atoms with E-state index in [0.717, 1.165) is 54.0 Å². The maximum absolute atomic E-state index is 13.7. The summed E-state index contributed by atoms with van der Waals surface area (Å²) in [5.41, 5.74) is 4.19. The number of aryl methyl sites for hydroxylation is 2. The van der Waals surface area contributed by atoms with Crippen LogP contribution in [0.25, 0.3) is 11.1 Å². The molecule has 0 spiro atoms. The third kappa shape index (κ3) is 7.18. The van der Waals surface area contributed by atoms with Gasteiger partial charge in [-0.2, -0.15) is 5.10 Å². The van der Waals surface area contributed by atoms with Gasteiger partial charge in [0.05, 0.1) is 18.0 Å². The molecular weight excluding hydrogens is 576 g/mol. The zero-order valence-corrected chi connectivity index (χ0v) is 26.8. The van der Waals surface area contributed by atoms with Crippen molar-refractivity contribution in [3.63, 3.8) is 0 Å². The van der Waals surface area contributed by atoms with Crippen molar-refractivity contribution in [2.75, 3.05) is 36.4 Å². The van der Waals surface area contributed by atoms with Crippen molar-refractivity contribution < 1.29 is 18.8 Å². The molecule has 10 nitrogen and oxygen atoms in total. The predicted octanol–water partition coefficient (Wildman–Crippen LogP) is 5.35. The van der Waals surface area contributed by atoms with Gasteiger partial charge in [0, 0.05) is 22.6 Å². The van der Waals surface area contributed by atoms with Crippen LogP contribution in [0.1, 0.15) is 53.1 Å². The predicted molar refractivity (Wildman–Crippen MR) is 166 cm³/mol. The standard InChI is InChI=1S/C30H41ClN6O4S/c1-17-23(15-41-36-17)29(38)34-27(26(20-7-8-20)21-9-10-21)30(39)33-24-12-11-22(28(31)32-24)25-18(2)35-37(19(25)3)16-40-13-14-42(4,5)6/h11-12,15,20-21,26-27H,7-10,13-14,16H2,1-6H3,(H,34,38)(H,32,33,39)/t27-/m0/s1. The van der Waals surface area contributed by atoms with E-state index in [0.29, 0.717) is 42.2 Å².